The molecule has 0 aliphatic rings. The lowest BCUT2D eigenvalue weighted by Crippen LogP contribution is -2.27. The summed E-state index contributed by atoms with van der Waals surface area (Å²) in [5.41, 5.74) is 1.99. The van der Waals surface area contributed by atoms with Gasteiger partial charge in [-0.05, 0) is 36.8 Å². The number of nitrogens with zero attached hydrogens (tertiary/aromatic N) is 5. The average molecular weight is 402 g/mol. The molecule has 0 N–H and O–H groups in total. The molecule has 1 aromatic carbocycles. The minimum atomic E-state index is 0.0334. The quantitative estimate of drug-likeness (QED) is 0.564. The van der Waals surface area contributed by atoms with Crippen LogP contribution in [0.2, 0.25) is 5.02 Å². The number of thioether (sulfide) groups is 1. The third kappa shape index (κ3) is 4.87. The molecule has 140 valence electrons. The van der Waals surface area contributed by atoms with Crippen LogP contribution in [0.15, 0.2) is 53.9 Å². The van der Waals surface area contributed by atoms with Gasteiger partial charge in [0.1, 0.15) is 0 Å². The smallest absolute Gasteiger partial charge is 0.233 e. The van der Waals surface area contributed by atoms with Crippen LogP contribution in [0.3, 0.4) is 0 Å². The first-order valence-electron chi connectivity index (χ1n) is 8.53. The molecule has 0 bridgehead atoms. The second-order valence-electron chi connectivity index (χ2n) is 5.95. The first-order valence-corrected chi connectivity index (χ1v) is 9.89. The number of benzene rings is 1. The molecule has 2 heterocycles. The van der Waals surface area contributed by atoms with Crippen molar-refractivity contribution in [2.45, 2.75) is 25.2 Å². The molecule has 0 fully saturated rings. The number of carbonyl (C=O) groups is 1. The number of hydrogen-bond acceptors (Lipinski definition) is 5. The van der Waals surface area contributed by atoms with E-state index < -0.39 is 0 Å². The molecular formula is C19H20ClN5OS. The highest BCUT2D eigenvalue weighted by Crippen LogP contribution is 2.23. The van der Waals surface area contributed by atoms with Crippen LogP contribution in [0, 0.1) is 0 Å². The van der Waals surface area contributed by atoms with Gasteiger partial charge in [-0.25, -0.2) is 0 Å². The van der Waals surface area contributed by atoms with Crippen LogP contribution in [0.1, 0.15) is 12.5 Å². The zero-order valence-corrected chi connectivity index (χ0v) is 16.7. The largest absolute Gasteiger partial charge is 0.341 e. The van der Waals surface area contributed by atoms with Gasteiger partial charge in [0.05, 0.1) is 5.75 Å². The number of pyridine rings is 1. The van der Waals surface area contributed by atoms with Gasteiger partial charge in [0.2, 0.25) is 5.91 Å². The SMILES string of the molecule is CCn1c(SCC(=O)N(C)Cc2ccc(Cl)cc2)nnc1-c1ccncc1. The molecule has 27 heavy (non-hydrogen) atoms. The number of halogens is 1. The Morgan fingerprint density at radius 3 is 2.52 bits per heavy atom. The molecular weight excluding hydrogens is 382 g/mol. The summed E-state index contributed by atoms with van der Waals surface area (Å²) in [5.74, 6) is 1.12. The summed E-state index contributed by atoms with van der Waals surface area (Å²) in [6.45, 7) is 3.30. The first-order chi connectivity index (χ1) is 13.1. The Hall–Kier alpha value is -2.38. The minimum absolute atomic E-state index is 0.0334. The first kappa shape index (κ1) is 19.4. The molecule has 8 heteroatoms. The zero-order valence-electron chi connectivity index (χ0n) is 15.2. The van der Waals surface area contributed by atoms with Gasteiger partial charge >= 0.3 is 0 Å². The molecule has 0 spiro atoms. The predicted octanol–water partition coefficient (Wildman–Crippen LogP) is 3.76. The fourth-order valence-electron chi connectivity index (χ4n) is 2.58. The highest BCUT2D eigenvalue weighted by atomic mass is 35.5. The van der Waals surface area contributed by atoms with Crippen LogP contribution >= 0.6 is 23.4 Å². The van der Waals surface area contributed by atoms with E-state index in [1.165, 1.54) is 11.8 Å². The molecule has 1 amide bonds. The minimum Gasteiger partial charge on any atom is -0.341 e. The predicted molar refractivity (Wildman–Crippen MR) is 108 cm³/mol. The summed E-state index contributed by atoms with van der Waals surface area (Å²) >= 11 is 7.30. The van der Waals surface area contributed by atoms with Gasteiger partial charge in [0.25, 0.3) is 0 Å². The van der Waals surface area contributed by atoms with Gasteiger partial charge in [-0.2, -0.15) is 0 Å². The van der Waals surface area contributed by atoms with Crippen molar-refractivity contribution in [2.75, 3.05) is 12.8 Å². The van der Waals surface area contributed by atoms with E-state index in [0.29, 0.717) is 17.3 Å². The van der Waals surface area contributed by atoms with E-state index in [2.05, 4.69) is 15.2 Å². The maximum atomic E-state index is 12.5. The molecule has 0 atom stereocenters. The van der Waals surface area contributed by atoms with Gasteiger partial charge in [0.15, 0.2) is 11.0 Å². The fraction of sp³-hybridized carbons (Fsp3) is 0.263. The number of hydrogen-bond donors (Lipinski definition) is 0. The average Bonchev–Trinajstić information content (AvgIpc) is 3.11. The second kappa shape index (κ2) is 9.01. The van der Waals surface area contributed by atoms with Crippen molar-refractivity contribution in [3.63, 3.8) is 0 Å². The summed E-state index contributed by atoms with van der Waals surface area (Å²) in [7, 11) is 1.80. The van der Waals surface area contributed by atoms with Crippen molar-refractivity contribution >= 4 is 29.3 Å². The summed E-state index contributed by atoms with van der Waals surface area (Å²) < 4.78 is 2.01. The van der Waals surface area contributed by atoms with Crippen LogP contribution in [-0.4, -0.2) is 43.4 Å². The third-order valence-electron chi connectivity index (χ3n) is 4.06. The van der Waals surface area contributed by atoms with E-state index in [1.807, 2.05) is 47.9 Å². The molecule has 0 aliphatic heterocycles. The Bertz CT molecular complexity index is 898. The Labute approximate surface area is 167 Å². The molecule has 0 saturated heterocycles. The van der Waals surface area contributed by atoms with Crippen molar-refractivity contribution in [3.05, 3.63) is 59.4 Å². The van der Waals surface area contributed by atoms with Gasteiger partial charge in [0, 0.05) is 43.1 Å². The van der Waals surface area contributed by atoms with Crippen molar-refractivity contribution in [2.24, 2.45) is 0 Å². The van der Waals surface area contributed by atoms with E-state index in [4.69, 9.17) is 11.6 Å². The van der Waals surface area contributed by atoms with Crippen molar-refractivity contribution in [1.29, 1.82) is 0 Å². The fourth-order valence-corrected chi connectivity index (χ4v) is 3.65. The van der Waals surface area contributed by atoms with E-state index in [-0.39, 0.29) is 5.91 Å². The molecule has 3 aromatic rings. The molecule has 3 rings (SSSR count). The van der Waals surface area contributed by atoms with Gasteiger partial charge < -0.3 is 9.47 Å². The highest BCUT2D eigenvalue weighted by Gasteiger charge is 2.16. The van der Waals surface area contributed by atoms with Crippen molar-refractivity contribution in [3.8, 4) is 11.4 Å². The monoisotopic (exact) mass is 401 g/mol. The van der Waals surface area contributed by atoms with Gasteiger partial charge in [-0.15, -0.1) is 10.2 Å². The van der Waals surface area contributed by atoms with E-state index in [9.17, 15) is 4.79 Å². The zero-order chi connectivity index (χ0) is 19.2. The Morgan fingerprint density at radius 2 is 1.85 bits per heavy atom. The molecule has 0 radical (unpaired) electrons. The number of rotatable bonds is 7. The summed E-state index contributed by atoms with van der Waals surface area (Å²) in [4.78, 5) is 18.2. The van der Waals surface area contributed by atoms with Gasteiger partial charge in [-0.1, -0.05) is 35.5 Å². The summed E-state index contributed by atoms with van der Waals surface area (Å²) in [6.07, 6.45) is 3.46. The Morgan fingerprint density at radius 1 is 1.15 bits per heavy atom. The summed E-state index contributed by atoms with van der Waals surface area (Å²) in [5, 5.41) is 9.96. The maximum absolute atomic E-state index is 12.5. The topological polar surface area (TPSA) is 63.9 Å². The number of amides is 1. The van der Waals surface area contributed by atoms with Crippen molar-refractivity contribution in [1.82, 2.24) is 24.6 Å². The number of carbonyl (C=O) groups excluding carboxylic acids is 1. The molecule has 2 aromatic heterocycles. The van der Waals surface area contributed by atoms with E-state index in [0.717, 1.165) is 28.7 Å². The van der Waals surface area contributed by atoms with Crippen molar-refractivity contribution < 1.29 is 4.79 Å². The lowest BCUT2D eigenvalue weighted by atomic mass is 10.2. The van der Waals surface area contributed by atoms with Gasteiger partial charge in [-0.3, -0.25) is 9.78 Å². The van der Waals surface area contributed by atoms with Crippen LogP contribution < -0.4 is 0 Å². The number of aromatic nitrogens is 4. The lowest BCUT2D eigenvalue weighted by Gasteiger charge is -2.17. The highest BCUT2D eigenvalue weighted by molar-refractivity contribution is 7.99. The molecule has 0 saturated carbocycles. The lowest BCUT2D eigenvalue weighted by molar-refractivity contribution is -0.127. The third-order valence-corrected chi connectivity index (χ3v) is 5.26. The second-order valence-corrected chi connectivity index (χ2v) is 7.33. The Balaban J connectivity index is 1.63. The standard InChI is InChI=1S/C19H20ClN5OS/c1-3-25-18(15-8-10-21-11-9-15)22-23-19(25)27-13-17(26)24(2)12-14-4-6-16(20)7-5-14/h4-11H,3,12-13H2,1-2H3. The maximum Gasteiger partial charge on any atom is 0.233 e. The van der Waals surface area contributed by atoms with Crippen LogP contribution in [-0.2, 0) is 17.9 Å². The van der Waals surface area contributed by atoms with E-state index in [1.54, 1.807) is 24.3 Å². The van der Waals surface area contributed by atoms with Crippen LogP contribution in [0.5, 0.6) is 0 Å². The van der Waals surface area contributed by atoms with E-state index >= 15 is 0 Å². The molecule has 0 aliphatic carbocycles. The Kier molecular flexibility index (Phi) is 6.47. The van der Waals surface area contributed by atoms with Crippen LogP contribution in [0.25, 0.3) is 11.4 Å². The summed E-state index contributed by atoms with van der Waals surface area (Å²) in [6, 6.07) is 11.3. The normalized spacial score (nSPS) is 10.8. The molecule has 6 nitrogen and oxygen atoms in total. The van der Waals surface area contributed by atoms with Crippen LogP contribution in [0.4, 0.5) is 0 Å². The molecule has 0 unspecified atom stereocenters.